The first-order valence-electron chi connectivity index (χ1n) is 5.09. The molecule has 1 aliphatic heterocycles. The third-order valence-corrected chi connectivity index (χ3v) is 3.99. The average molecular weight is 227 g/mol. The van der Waals surface area contributed by atoms with Crippen molar-refractivity contribution in [3.05, 3.63) is 35.6 Å². The second kappa shape index (κ2) is 4.86. The Balaban J connectivity index is 2.18. The van der Waals surface area contributed by atoms with Gasteiger partial charge in [-0.1, -0.05) is 12.1 Å². The van der Waals surface area contributed by atoms with Crippen LogP contribution in [0.3, 0.4) is 0 Å². The zero-order valence-electron chi connectivity index (χ0n) is 8.41. The molecule has 0 bridgehead atoms. The van der Waals surface area contributed by atoms with Crippen LogP contribution in [0.2, 0.25) is 0 Å². The minimum atomic E-state index is -0.780. The van der Waals surface area contributed by atoms with Gasteiger partial charge in [0.1, 0.15) is 5.82 Å². The van der Waals surface area contributed by atoms with E-state index in [1.54, 1.807) is 6.07 Å². The van der Waals surface area contributed by atoms with Crippen LogP contribution in [-0.4, -0.2) is 22.3 Å². The van der Waals surface area contributed by atoms with Crippen LogP contribution in [0.4, 0.5) is 4.39 Å². The minimum absolute atomic E-state index is 0.0315. The van der Waals surface area contributed by atoms with Crippen LogP contribution in [0.15, 0.2) is 24.3 Å². The normalized spacial score (nSPS) is 27.3. The standard InChI is InChI=1S/C11H14FNOS/c12-10-4-1-3-9(7-10)11-8-15(14)6-2-5-13-11/h1,3-4,7,11,13H,2,5-6,8H2. The fourth-order valence-electron chi connectivity index (χ4n) is 1.78. The molecule has 0 aliphatic carbocycles. The molecule has 82 valence electrons. The molecule has 2 atom stereocenters. The van der Waals surface area contributed by atoms with Crippen LogP contribution >= 0.6 is 0 Å². The zero-order chi connectivity index (χ0) is 10.7. The quantitative estimate of drug-likeness (QED) is 0.789. The Morgan fingerprint density at radius 3 is 3.13 bits per heavy atom. The molecule has 4 heteroatoms. The van der Waals surface area contributed by atoms with Crippen molar-refractivity contribution in [2.45, 2.75) is 12.5 Å². The molecule has 0 spiro atoms. The summed E-state index contributed by atoms with van der Waals surface area (Å²) >= 11 is 0. The minimum Gasteiger partial charge on any atom is -0.309 e. The van der Waals surface area contributed by atoms with Gasteiger partial charge in [0.15, 0.2) is 0 Å². The molecule has 0 radical (unpaired) electrons. The molecule has 2 rings (SSSR count). The Kier molecular flexibility index (Phi) is 3.49. The fourth-order valence-corrected chi connectivity index (χ4v) is 3.09. The molecule has 1 saturated heterocycles. The second-order valence-corrected chi connectivity index (χ2v) is 5.35. The van der Waals surface area contributed by atoms with Crippen molar-refractivity contribution >= 4 is 10.8 Å². The number of nitrogens with one attached hydrogen (secondary N) is 1. The number of benzene rings is 1. The predicted molar refractivity (Wildman–Crippen MR) is 59.6 cm³/mol. The summed E-state index contributed by atoms with van der Waals surface area (Å²) < 4.78 is 24.5. The van der Waals surface area contributed by atoms with Gasteiger partial charge in [-0.15, -0.1) is 0 Å². The van der Waals surface area contributed by atoms with Crippen LogP contribution in [0.25, 0.3) is 0 Å². The molecule has 0 amide bonds. The highest BCUT2D eigenvalue weighted by Gasteiger charge is 2.17. The molecule has 1 N–H and O–H groups in total. The molecule has 1 aromatic carbocycles. The molecular weight excluding hydrogens is 213 g/mol. The molecule has 0 saturated carbocycles. The van der Waals surface area contributed by atoms with Gasteiger partial charge in [-0.2, -0.15) is 0 Å². The zero-order valence-corrected chi connectivity index (χ0v) is 9.23. The van der Waals surface area contributed by atoms with Gasteiger partial charge in [0, 0.05) is 28.3 Å². The van der Waals surface area contributed by atoms with Crippen LogP contribution in [0.1, 0.15) is 18.0 Å². The molecular formula is C11H14FNOS. The summed E-state index contributed by atoms with van der Waals surface area (Å²) in [7, 11) is -0.780. The van der Waals surface area contributed by atoms with Gasteiger partial charge in [0.2, 0.25) is 0 Å². The van der Waals surface area contributed by atoms with Crippen molar-refractivity contribution in [1.29, 1.82) is 0 Å². The van der Waals surface area contributed by atoms with E-state index in [-0.39, 0.29) is 11.9 Å². The van der Waals surface area contributed by atoms with E-state index in [1.807, 2.05) is 6.07 Å². The van der Waals surface area contributed by atoms with E-state index in [0.29, 0.717) is 5.75 Å². The summed E-state index contributed by atoms with van der Waals surface area (Å²) in [4.78, 5) is 0. The number of hydrogen-bond donors (Lipinski definition) is 1. The van der Waals surface area contributed by atoms with Crippen LogP contribution in [-0.2, 0) is 10.8 Å². The molecule has 1 aromatic rings. The summed E-state index contributed by atoms with van der Waals surface area (Å²) in [5.41, 5.74) is 0.894. The van der Waals surface area contributed by atoms with Gasteiger partial charge in [-0.25, -0.2) is 4.39 Å². The maximum Gasteiger partial charge on any atom is 0.123 e. The van der Waals surface area contributed by atoms with Crippen molar-refractivity contribution in [3.63, 3.8) is 0 Å². The lowest BCUT2D eigenvalue weighted by molar-refractivity contribution is 0.576. The predicted octanol–water partition coefficient (Wildman–Crippen LogP) is 1.61. The van der Waals surface area contributed by atoms with Gasteiger partial charge in [0.25, 0.3) is 0 Å². The first-order valence-corrected chi connectivity index (χ1v) is 6.58. The molecule has 0 aromatic heterocycles. The Morgan fingerprint density at radius 2 is 2.33 bits per heavy atom. The molecule has 2 nitrogen and oxygen atoms in total. The van der Waals surface area contributed by atoms with Gasteiger partial charge in [0.05, 0.1) is 0 Å². The van der Waals surface area contributed by atoms with Gasteiger partial charge in [-0.05, 0) is 30.7 Å². The Labute approximate surface area is 91.3 Å². The van der Waals surface area contributed by atoms with E-state index in [4.69, 9.17) is 0 Å². The molecule has 1 aliphatic rings. The Bertz CT molecular complexity index is 369. The van der Waals surface area contributed by atoms with E-state index >= 15 is 0 Å². The van der Waals surface area contributed by atoms with Gasteiger partial charge in [-0.3, -0.25) is 4.21 Å². The highest BCUT2D eigenvalue weighted by molar-refractivity contribution is 7.85. The van der Waals surface area contributed by atoms with E-state index < -0.39 is 10.8 Å². The first-order chi connectivity index (χ1) is 7.25. The van der Waals surface area contributed by atoms with Crippen molar-refractivity contribution in [3.8, 4) is 0 Å². The topological polar surface area (TPSA) is 29.1 Å². The maximum absolute atomic E-state index is 13.0. The SMILES string of the molecule is O=S1CCCNC(c2cccc(F)c2)C1. The first kappa shape index (κ1) is 10.8. The highest BCUT2D eigenvalue weighted by Crippen LogP contribution is 2.17. The molecule has 2 unspecified atom stereocenters. The van der Waals surface area contributed by atoms with Crippen molar-refractivity contribution in [2.24, 2.45) is 0 Å². The maximum atomic E-state index is 13.0. The third kappa shape index (κ3) is 2.86. The number of hydrogen-bond acceptors (Lipinski definition) is 2. The summed E-state index contributed by atoms with van der Waals surface area (Å²) in [6.45, 7) is 0.854. The van der Waals surface area contributed by atoms with Crippen molar-refractivity contribution in [2.75, 3.05) is 18.1 Å². The summed E-state index contributed by atoms with van der Waals surface area (Å²) in [5.74, 6) is 1.10. The number of rotatable bonds is 1. The van der Waals surface area contributed by atoms with Crippen molar-refractivity contribution in [1.82, 2.24) is 5.32 Å². The van der Waals surface area contributed by atoms with Crippen LogP contribution in [0.5, 0.6) is 0 Å². The van der Waals surface area contributed by atoms with Crippen LogP contribution < -0.4 is 5.32 Å². The largest absolute Gasteiger partial charge is 0.309 e. The van der Waals surface area contributed by atoms with Crippen molar-refractivity contribution < 1.29 is 8.60 Å². The smallest absolute Gasteiger partial charge is 0.123 e. The van der Waals surface area contributed by atoms with E-state index in [0.717, 1.165) is 24.3 Å². The fraction of sp³-hybridized carbons (Fsp3) is 0.455. The molecule has 1 heterocycles. The third-order valence-electron chi connectivity index (χ3n) is 2.54. The van der Waals surface area contributed by atoms with E-state index in [2.05, 4.69) is 5.32 Å². The lowest BCUT2D eigenvalue weighted by atomic mass is 10.1. The Hall–Kier alpha value is -0.740. The molecule has 1 fully saturated rings. The van der Waals surface area contributed by atoms with E-state index in [1.165, 1.54) is 12.1 Å². The van der Waals surface area contributed by atoms with Crippen LogP contribution in [0, 0.1) is 5.82 Å². The summed E-state index contributed by atoms with van der Waals surface area (Å²) in [6, 6.07) is 6.55. The lowest BCUT2D eigenvalue weighted by Gasteiger charge is -2.15. The summed E-state index contributed by atoms with van der Waals surface area (Å²) in [5, 5.41) is 3.30. The lowest BCUT2D eigenvalue weighted by Crippen LogP contribution is -2.23. The molecule has 15 heavy (non-hydrogen) atoms. The average Bonchev–Trinajstić information content (AvgIpc) is 2.43. The van der Waals surface area contributed by atoms with E-state index in [9.17, 15) is 8.60 Å². The van der Waals surface area contributed by atoms with Gasteiger partial charge >= 0.3 is 0 Å². The summed E-state index contributed by atoms with van der Waals surface area (Å²) in [6.07, 6.45) is 0.929. The highest BCUT2D eigenvalue weighted by atomic mass is 32.2. The number of halogens is 1. The monoisotopic (exact) mass is 227 g/mol. The Morgan fingerprint density at radius 1 is 1.47 bits per heavy atom. The second-order valence-electron chi connectivity index (χ2n) is 3.73. The van der Waals surface area contributed by atoms with Gasteiger partial charge < -0.3 is 5.32 Å².